The fourth-order valence-electron chi connectivity index (χ4n) is 3.46. The van der Waals surface area contributed by atoms with Gasteiger partial charge in [-0.1, -0.05) is 117 Å². The van der Waals surface area contributed by atoms with Crippen LogP contribution in [-0.4, -0.2) is 11.8 Å². The molecule has 0 saturated carbocycles. The molecule has 0 spiro atoms. The molecule has 196 valence electrons. The highest BCUT2D eigenvalue weighted by Gasteiger charge is 2.04. The van der Waals surface area contributed by atoms with Gasteiger partial charge in [-0.25, -0.2) is 0 Å². The molecule has 0 aliphatic carbocycles. The Bertz CT molecular complexity index is 407. The number of hydrogen-bond acceptors (Lipinski definition) is 7. The summed E-state index contributed by atoms with van der Waals surface area (Å²) in [5, 5.41) is 0. The van der Waals surface area contributed by atoms with Gasteiger partial charge in [0.1, 0.15) is 0 Å². The molecule has 0 aliphatic rings. The van der Waals surface area contributed by atoms with Crippen LogP contribution in [0.3, 0.4) is 0 Å². The predicted octanol–water partition coefficient (Wildman–Crippen LogP) is 10.2. The summed E-state index contributed by atoms with van der Waals surface area (Å²) in [6.07, 6.45) is 24.1. The summed E-state index contributed by atoms with van der Waals surface area (Å²) in [5.41, 5.74) is 0. The van der Waals surface area contributed by atoms with E-state index in [4.69, 9.17) is 0 Å². The Morgan fingerprint density at radius 1 is 0.455 bits per heavy atom. The summed E-state index contributed by atoms with van der Waals surface area (Å²) < 4.78 is 5.75. The molecule has 0 unspecified atom stereocenters. The summed E-state index contributed by atoms with van der Waals surface area (Å²) in [4.78, 5) is 23.7. The van der Waals surface area contributed by atoms with E-state index in [-0.39, 0.29) is 11.8 Å². The maximum Gasteiger partial charge on any atom is 0.230 e. The molecule has 0 atom stereocenters. The van der Waals surface area contributed by atoms with Crippen LogP contribution in [0, 0.1) is 0 Å². The minimum absolute atomic E-state index is 0.114. The van der Waals surface area contributed by atoms with Gasteiger partial charge in [0.15, 0.2) is 0 Å². The number of nitrogens with one attached hydrogen (secondary N) is 2. The fraction of sp³-hybridized carbons (Fsp3) is 0.917. The Labute approximate surface area is 223 Å². The first-order chi connectivity index (χ1) is 16.2. The third-order valence-electron chi connectivity index (χ3n) is 5.45. The van der Waals surface area contributed by atoms with Crippen molar-refractivity contribution in [1.29, 1.82) is 0 Å². The van der Waals surface area contributed by atoms with Crippen molar-refractivity contribution < 1.29 is 9.59 Å². The highest BCUT2D eigenvalue weighted by Crippen LogP contribution is 2.46. The van der Waals surface area contributed by atoms with Crippen LogP contribution in [0.1, 0.15) is 142 Å². The summed E-state index contributed by atoms with van der Waals surface area (Å²) in [7, 11) is 7.31. The average molecular weight is 557 g/mol. The number of carbonyl (C=O) groups is 2. The normalized spacial score (nSPS) is 11.0. The molecule has 0 fully saturated rings. The SMILES string of the molecule is CCCCCCCCCCCC(=O)NSSSSSNC(=O)CCCCCCCCCCC. The van der Waals surface area contributed by atoms with Crippen molar-refractivity contribution in [1.82, 2.24) is 9.44 Å². The Kier molecular flexibility index (Phi) is 29.5. The van der Waals surface area contributed by atoms with Crippen molar-refractivity contribution >= 4 is 63.3 Å². The molecule has 4 nitrogen and oxygen atoms in total. The first kappa shape index (κ1) is 33.7. The van der Waals surface area contributed by atoms with E-state index in [0.29, 0.717) is 12.8 Å². The van der Waals surface area contributed by atoms with Crippen molar-refractivity contribution in [2.24, 2.45) is 0 Å². The van der Waals surface area contributed by atoms with Gasteiger partial charge in [-0.15, -0.1) is 0 Å². The molecule has 0 aliphatic heterocycles. The molecule has 0 rings (SSSR count). The van der Waals surface area contributed by atoms with E-state index >= 15 is 0 Å². The van der Waals surface area contributed by atoms with Gasteiger partial charge in [0, 0.05) is 64.3 Å². The Morgan fingerprint density at radius 2 is 0.758 bits per heavy atom. The third kappa shape index (κ3) is 28.8. The lowest BCUT2D eigenvalue weighted by Gasteiger charge is -2.05. The number of unbranched alkanes of at least 4 members (excludes halogenated alkanes) is 16. The van der Waals surface area contributed by atoms with Gasteiger partial charge in [-0.2, -0.15) is 0 Å². The zero-order valence-corrected chi connectivity index (χ0v) is 25.1. The van der Waals surface area contributed by atoms with Crippen LogP contribution in [0.25, 0.3) is 0 Å². The van der Waals surface area contributed by atoms with Crippen LogP contribution < -0.4 is 9.44 Å². The number of hydrogen-bond donors (Lipinski definition) is 2. The summed E-state index contributed by atoms with van der Waals surface area (Å²) in [5.74, 6) is 0.228. The van der Waals surface area contributed by atoms with Gasteiger partial charge in [0.05, 0.1) is 0 Å². The molecule has 0 aromatic carbocycles. The van der Waals surface area contributed by atoms with Crippen molar-refractivity contribution in [3.63, 3.8) is 0 Å². The molecule has 0 heterocycles. The Hall–Kier alpha value is 0.690. The van der Waals surface area contributed by atoms with E-state index < -0.39 is 0 Å². The topological polar surface area (TPSA) is 58.2 Å². The molecule has 33 heavy (non-hydrogen) atoms. The van der Waals surface area contributed by atoms with Gasteiger partial charge in [-0.3, -0.25) is 19.0 Å². The predicted molar refractivity (Wildman–Crippen MR) is 158 cm³/mol. The zero-order chi connectivity index (χ0) is 24.2. The van der Waals surface area contributed by atoms with Gasteiger partial charge >= 0.3 is 0 Å². The monoisotopic (exact) mass is 556 g/mol. The molecule has 0 aromatic heterocycles. The van der Waals surface area contributed by atoms with Crippen molar-refractivity contribution in [2.75, 3.05) is 0 Å². The third-order valence-corrected chi connectivity index (χ3v) is 12.8. The lowest BCUT2D eigenvalue weighted by Crippen LogP contribution is -2.13. The average Bonchev–Trinajstić information content (AvgIpc) is 2.81. The highest BCUT2D eigenvalue weighted by molar-refractivity contribution is 9.35. The standard InChI is InChI=1S/C24H48N2O2S5/c1-3-5-7-9-11-13-15-17-19-21-23(27)25-29-31-33-32-30-26-24(28)22-20-18-16-14-12-10-8-6-4-2/h3-22H2,1-2H3,(H,25,27)(H,26,28). The first-order valence-electron chi connectivity index (χ1n) is 13.1. The van der Waals surface area contributed by atoms with E-state index in [1.807, 2.05) is 0 Å². The molecular formula is C24H48N2O2S5. The van der Waals surface area contributed by atoms with E-state index in [2.05, 4.69) is 23.3 Å². The van der Waals surface area contributed by atoms with Gasteiger partial charge in [-0.05, 0) is 12.8 Å². The zero-order valence-electron chi connectivity index (χ0n) is 21.0. The Morgan fingerprint density at radius 3 is 1.09 bits per heavy atom. The lowest BCUT2D eigenvalue weighted by molar-refractivity contribution is -0.120. The quantitative estimate of drug-likeness (QED) is 0.0624. The molecular weight excluding hydrogens is 509 g/mol. The smallest absolute Gasteiger partial charge is 0.230 e. The first-order valence-corrected chi connectivity index (χ1v) is 19.3. The molecule has 0 bridgehead atoms. The van der Waals surface area contributed by atoms with Crippen molar-refractivity contribution in [2.45, 2.75) is 142 Å². The second-order valence-corrected chi connectivity index (χ2v) is 15.6. The minimum Gasteiger partial charge on any atom is -0.290 e. The van der Waals surface area contributed by atoms with Crippen LogP contribution in [-0.2, 0) is 9.59 Å². The maximum atomic E-state index is 11.8. The van der Waals surface area contributed by atoms with Crippen LogP contribution in [0.15, 0.2) is 0 Å². The van der Waals surface area contributed by atoms with Gasteiger partial charge in [0.2, 0.25) is 11.8 Å². The van der Waals surface area contributed by atoms with Crippen LogP contribution in [0.2, 0.25) is 0 Å². The summed E-state index contributed by atoms with van der Waals surface area (Å²) in [6.45, 7) is 4.50. The van der Waals surface area contributed by atoms with E-state index in [9.17, 15) is 9.59 Å². The molecule has 2 amide bonds. The lowest BCUT2D eigenvalue weighted by atomic mass is 10.1. The summed E-state index contributed by atoms with van der Waals surface area (Å²) in [6, 6.07) is 0. The second-order valence-electron chi connectivity index (χ2n) is 8.58. The molecule has 2 N–H and O–H groups in total. The van der Waals surface area contributed by atoms with E-state index in [1.165, 1.54) is 132 Å². The van der Waals surface area contributed by atoms with E-state index in [1.54, 1.807) is 9.83 Å². The van der Waals surface area contributed by atoms with Crippen molar-refractivity contribution in [3.8, 4) is 0 Å². The van der Waals surface area contributed by atoms with Crippen LogP contribution in [0.4, 0.5) is 0 Å². The minimum atomic E-state index is 0.114. The Balaban J connectivity index is 3.26. The number of rotatable bonds is 26. The van der Waals surface area contributed by atoms with Crippen molar-refractivity contribution in [3.05, 3.63) is 0 Å². The highest BCUT2D eigenvalue weighted by atomic mass is 33.8. The van der Waals surface area contributed by atoms with E-state index in [0.717, 1.165) is 25.7 Å². The van der Waals surface area contributed by atoms with Gasteiger partial charge < -0.3 is 0 Å². The van der Waals surface area contributed by atoms with Crippen LogP contribution >= 0.6 is 51.4 Å². The maximum absolute atomic E-state index is 11.8. The molecule has 0 aromatic rings. The summed E-state index contributed by atoms with van der Waals surface area (Å²) >= 11 is 0. The second kappa shape index (κ2) is 28.9. The molecule has 0 radical (unpaired) electrons. The number of amides is 2. The molecule has 9 heteroatoms. The molecule has 0 saturated heterocycles. The van der Waals surface area contributed by atoms with Crippen LogP contribution in [0.5, 0.6) is 0 Å². The van der Waals surface area contributed by atoms with Gasteiger partial charge in [0.25, 0.3) is 0 Å². The largest absolute Gasteiger partial charge is 0.290 e. The fourth-order valence-corrected chi connectivity index (χ4v) is 10.3. The number of carbonyl (C=O) groups excluding carboxylic acids is 2.